The summed E-state index contributed by atoms with van der Waals surface area (Å²) in [6.07, 6.45) is 6.48. The van der Waals surface area contributed by atoms with Gasteiger partial charge >= 0.3 is 5.97 Å². The van der Waals surface area contributed by atoms with Crippen LogP contribution in [0.5, 0.6) is 0 Å². The number of aromatic nitrogens is 3. The number of ketones is 1. The number of anilines is 1. The molecule has 3 aromatic rings. The Labute approximate surface area is 204 Å². The molecule has 0 spiro atoms. The quantitative estimate of drug-likeness (QED) is 0.526. The summed E-state index contributed by atoms with van der Waals surface area (Å²) in [5.41, 5.74) is -2.21. The van der Waals surface area contributed by atoms with Crippen molar-refractivity contribution in [3.63, 3.8) is 0 Å². The van der Waals surface area contributed by atoms with Gasteiger partial charge in [-0.05, 0) is 44.2 Å². The van der Waals surface area contributed by atoms with E-state index in [4.69, 9.17) is 4.74 Å². The summed E-state index contributed by atoms with van der Waals surface area (Å²) in [4.78, 5) is 47.7. The number of hydrogen-bond donors (Lipinski definition) is 1. The lowest BCUT2D eigenvalue weighted by Crippen LogP contribution is -2.63. The van der Waals surface area contributed by atoms with Gasteiger partial charge in [-0.2, -0.15) is 0 Å². The Balaban J connectivity index is 1.41. The molecule has 9 nitrogen and oxygen atoms in total. The normalized spacial score (nSPS) is 19.5. The molecule has 0 radical (unpaired) electrons. The van der Waals surface area contributed by atoms with Gasteiger partial charge in [0.1, 0.15) is 11.4 Å². The van der Waals surface area contributed by atoms with Crippen LogP contribution in [0, 0.1) is 6.92 Å². The monoisotopic (exact) mass is 500 g/mol. The number of aryl methyl sites for hydroxylation is 1. The Hall–Kier alpha value is -3.18. The first-order chi connectivity index (χ1) is 16.8. The van der Waals surface area contributed by atoms with Crippen molar-refractivity contribution < 1.29 is 23.8 Å². The molecule has 3 aromatic heterocycles. The van der Waals surface area contributed by atoms with E-state index in [0.29, 0.717) is 29.5 Å². The maximum absolute atomic E-state index is 15.3. The smallest absolute Gasteiger partial charge is 0.341 e. The lowest BCUT2D eigenvalue weighted by molar-refractivity contribution is -0.133. The highest BCUT2D eigenvalue weighted by molar-refractivity contribution is 7.12. The molecule has 1 N–H and O–H groups in total. The third-order valence-corrected chi connectivity index (χ3v) is 7.44. The lowest BCUT2D eigenvalue weighted by atomic mass is 9.87. The Morgan fingerprint density at radius 2 is 2.14 bits per heavy atom. The number of thiazole rings is 1. The van der Waals surface area contributed by atoms with Gasteiger partial charge in [-0.1, -0.05) is 0 Å². The molecule has 0 bridgehead atoms. The number of halogens is 1. The molecule has 0 aliphatic carbocycles. The molecule has 184 valence electrons. The lowest BCUT2D eigenvalue weighted by Gasteiger charge is -2.44. The highest BCUT2D eigenvalue weighted by Gasteiger charge is 2.50. The van der Waals surface area contributed by atoms with Crippen molar-refractivity contribution in [1.29, 1.82) is 0 Å². The predicted molar refractivity (Wildman–Crippen MR) is 129 cm³/mol. The van der Waals surface area contributed by atoms with Crippen LogP contribution in [0.25, 0.3) is 16.2 Å². The maximum Gasteiger partial charge on any atom is 0.341 e. The Morgan fingerprint density at radius 3 is 2.80 bits per heavy atom. The molecule has 2 saturated heterocycles. The minimum absolute atomic E-state index is 0.0237. The second-order valence-corrected chi connectivity index (χ2v) is 10.0. The van der Waals surface area contributed by atoms with Crippen LogP contribution < -0.4 is 10.3 Å². The van der Waals surface area contributed by atoms with Gasteiger partial charge in [-0.3, -0.25) is 14.2 Å². The number of nitrogens with zero attached hydrogens (tertiary/aromatic N) is 4. The number of alkyl halides is 1. The molecule has 5 heterocycles. The SMILES string of the molecule is Cc1cc(N2CC(F)(C(=O)CCC3CCCCO3)C2)nc2c1c(=O)c(C(=O)O)cn2-c1nccs1. The fourth-order valence-electron chi connectivity index (χ4n) is 4.72. The van der Waals surface area contributed by atoms with Crippen molar-refractivity contribution in [1.82, 2.24) is 14.5 Å². The molecule has 2 aliphatic rings. The molecule has 5 rings (SSSR count). The minimum Gasteiger partial charge on any atom is -0.477 e. The average molecular weight is 501 g/mol. The van der Waals surface area contributed by atoms with Crippen LogP contribution in [-0.2, 0) is 9.53 Å². The first-order valence-electron chi connectivity index (χ1n) is 11.6. The zero-order valence-corrected chi connectivity index (χ0v) is 20.0. The fraction of sp³-hybridized carbons (Fsp3) is 0.458. The molecule has 0 saturated carbocycles. The van der Waals surface area contributed by atoms with Gasteiger partial charge in [0.05, 0.1) is 24.6 Å². The summed E-state index contributed by atoms with van der Waals surface area (Å²) >= 11 is 1.27. The second kappa shape index (κ2) is 9.12. The van der Waals surface area contributed by atoms with Crippen LogP contribution in [0.15, 0.2) is 28.6 Å². The van der Waals surface area contributed by atoms with E-state index in [1.165, 1.54) is 22.1 Å². The van der Waals surface area contributed by atoms with E-state index in [2.05, 4.69) is 9.97 Å². The summed E-state index contributed by atoms with van der Waals surface area (Å²) in [5, 5.41) is 11.9. The molecule has 0 aromatic carbocycles. The number of pyridine rings is 2. The summed E-state index contributed by atoms with van der Waals surface area (Å²) in [6.45, 7) is 2.14. The molecular weight excluding hydrogens is 475 g/mol. The van der Waals surface area contributed by atoms with Crippen molar-refractivity contribution in [3.05, 3.63) is 45.2 Å². The summed E-state index contributed by atoms with van der Waals surface area (Å²) in [7, 11) is 0. The van der Waals surface area contributed by atoms with E-state index in [0.717, 1.165) is 19.3 Å². The number of ether oxygens (including phenoxy) is 1. The van der Waals surface area contributed by atoms with Crippen LogP contribution in [0.4, 0.5) is 10.2 Å². The van der Waals surface area contributed by atoms with Gasteiger partial charge in [-0.15, -0.1) is 11.3 Å². The van der Waals surface area contributed by atoms with Gasteiger partial charge in [0, 0.05) is 30.8 Å². The van der Waals surface area contributed by atoms with E-state index in [1.807, 2.05) is 0 Å². The third kappa shape index (κ3) is 4.34. The van der Waals surface area contributed by atoms with Gasteiger partial charge in [0.2, 0.25) is 11.1 Å². The highest BCUT2D eigenvalue weighted by atomic mass is 32.1. The second-order valence-electron chi connectivity index (χ2n) is 9.13. The number of aromatic carboxylic acids is 1. The van der Waals surface area contributed by atoms with Crippen LogP contribution in [0.1, 0.15) is 48.0 Å². The first kappa shape index (κ1) is 23.6. The van der Waals surface area contributed by atoms with Crippen LogP contribution in [0.3, 0.4) is 0 Å². The van der Waals surface area contributed by atoms with Gasteiger partial charge < -0.3 is 14.7 Å². The van der Waals surface area contributed by atoms with E-state index < -0.39 is 22.9 Å². The Bertz CT molecular complexity index is 1340. The molecule has 1 unspecified atom stereocenters. The number of fused-ring (bicyclic) bond motifs is 1. The summed E-state index contributed by atoms with van der Waals surface area (Å²) < 4.78 is 22.4. The Kier molecular flexibility index (Phi) is 6.14. The van der Waals surface area contributed by atoms with Crippen molar-refractivity contribution >= 4 is 39.9 Å². The van der Waals surface area contributed by atoms with E-state index in [-0.39, 0.29) is 42.2 Å². The van der Waals surface area contributed by atoms with Crippen molar-refractivity contribution in [3.8, 4) is 5.13 Å². The first-order valence-corrected chi connectivity index (χ1v) is 12.4. The Morgan fingerprint density at radius 1 is 1.34 bits per heavy atom. The number of Topliss-reactive ketones (excluding diaryl/α,β-unsaturated/α-hetero) is 1. The molecule has 35 heavy (non-hydrogen) atoms. The standard InChI is InChI=1S/C24H25FN4O5S/c1-14-10-18(28-12-24(25,13-28)17(30)6-5-15-4-2-3-8-34-15)27-21-19(14)20(31)16(22(32)33)11-29(21)23-26-7-9-35-23/h7,9-11,15H,2-6,8,12-13H2,1H3,(H,32,33). The van der Waals surface area contributed by atoms with Crippen LogP contribution in [0.2, 0.25) is 0 Å². The molecule has 2 fully saturated rings. The topological polar surface area (TPSA) is 115 Å². The molecule has 0 amide bonds. The summed E-state index contributed by atoms with van der Waals surface area (Å²) in [6, 6.07) is 1.63. The zero-order chi connectivity index (χ0) is 24.7. The van der Waals surface area contributed by atoms with Crippen LogP contribution in [-0.4, -0.2) is 62.9 Å². The third-order valence-electron chi connectivity index (χ3n) is 6.67. The van der Waals surface area contributed by atoms with E-state index in [9.17, 15) is 19.5 Å². The molecule has 2 aliphatic heterocycles. The number of rotatable bonds is 7. The number of hydrogen-bond acceptors (Lipinski definition) is 8. The van der Waals surface area contributed by atoms with Crippen LogP contribution >= 0.6 is 11.3 Å². The average Bonchev–Trinajstić information content (AvgIpc) is 3.35. The number of carboxylic acid groups (broad SMARTS) is 1. The number of carbonyl (C=O) groups excluding carboxylic acids is 1. The zero-order valence-electron chi connectivity index (χ0n) is 19.2. The predicted octanol–water partition coefficient (Wildman–Crippen LogP) is 3.30. The number of carbonyl (C=O) groups is 2. The fourth-order valence-corrected chi connectivity index (χ4v) is 5.34. The van der Waals surface area contributed by atoms with Gasteiger partial charge in [-0.25, -0.2) is 19.2 Å². The largest absolute Gasteiger partial charge is 0.477 e. The van der Waals surface area contributed by atoms with Crippen molar-refractivity contribution in [2.24, 2.45) is 0 Å². The molecule has 1 atom stereocenters. The number of carboxylic acids is 1. The minimum atomic E-state index is -1.94. The summed E-state index contributed by atoms with van der Waals surface area (Å²) in [5.74, 6) is -1.35. The molecule has 11 heteroatoms. The van der Waals surface area contributed by atoms with Gasteiger partial charge in [0.25, 0.3) is 0 Å². The van der Waals surface area contributed by atoms with Gasteiger partial charge in [0.15, 0.2) is 16.6 Å². The maximum atomic E-state index is 15.3. The molecular formula is C24H25FN4O5S. The van der Waals surface area contributed by atoms with Crippen molar-refractivity contribution in [2.75, 3.05) is 24.6 Å². The van der Waals surface area contributed by atoms with E-state index in [1.54, 1.807) is 29.5 Å². The highest BCUT2D eigenvalue weighted by Crippen LogP contribution is 2.34. The van der Waals surface area contributed by atoms with E-state index >= 15 is 4.39 Å². The van der Waals surface area contributed by atoms with Crippen molar-refractivity contribution in [2.45, 2.75) is 50.8 Å².